The van der Waals surface area contributed by atoms with E-state index in [-0.39, 0.29) is 18.4 Å². The molecule has 0 aliphatic carbocycles. The summed E-state index contributed by atoms with van der Waals surface area (Å²) >= 11 is 0. The maximum Gasteiger partial charge on any atom is 0.229 e. The number of aliphatic hydroxyl groups excluding tert-OH is 1. The number of benzene rings is 1. The number of imide groups is 1. The van der Waals surface area contributed by atoms with Crippen LogP contribution in [0.3, 0.4) is 0 Å². The Kier molecular flexibility index (Phi) is 4.91. The summed E-state index contributed by atoms with van der Waals surface area (Å²) in [6.45, 7) is 0.358. The molecule has 0 bridgehead atoms. The van der Waals surface area contributed by atoms with Crippen molar-refractivity contribution in [2.24, 2.45) is 0 Å². The van der Waals surface area contributed by atoms with Gasteiger partial charge in [0.1, 0.15) is 0 Å². The molecule has 0 radical (unpaired) electrons. The monoisotopic (exact) mass is 271 g/mol. The molecule has 20 heavy (non-hydrogen) atoms. The molecule has 1 aromatic rings. The van der Waals surface area contributed by atoms with Crippen molar-refractivity contribution in [3.05, 3.63) is 35.4 Å². The van der Waals surface area contributed by atoms with E-state index in [9.17, 15) is 9.59 Å². The van der Waals surface area contributed by atoms with Crippen molar-refractivity contribution in [3.63, 3.8) is 0 Å². The molecule has 0 unspecified atom stereocenters. The molecule has 2 rings (SSSR count). The number of nitrogens with zero attached hydrogens (tertiary/aromatic N) is 1. The van der Waals surface area contributed by atoms with Gasteiger partial charge in [0, 0.05) is 24.8 Å². The van der Waals surface area contributed by atoms with E-state index in [1.165, 1.54) is 4.90 Å². The van der Waals surface area contributed by atoms with Gasteiger partial charge in [-0.25, -0.2) is 0 Å². The number of piperidine rings is 1. The van der Waals surface area contributed by atoms with Gasteiger partial charge in [-0.1, -0.05) is 24.0 Å². The summed E-state index contributed by atoms with van der Waals surface area (Å²) in [5.74, 6) is 5.60. The van der Waals surface area contributed by atoms with Crippen molar-refractivity contribution >= 4 is 11.8 Å². The summed E-state index contributed by atoms with van der Waals surface area (Å²) in [4.78, 5) is 24.8. The van der Waals surface area contributed by atoms with E-state index >= 15 is 0 Å². The number of hydrogen-bond donors (Lipinski definition) is 1. The Balaban J connectivity index is 2.09. The fraction of sp³-hybridized carbons (Fsp3) is 0.375. The third-order valence-corrected chi connectivity index (χ3v) is 3.12. The van der Waals surface area contributed by atoms with Gasteiger partial charge in [0.2, 0.25) is 11.8 Å². The number of rotatable bonds is 3. The summed E-state index contributed by atoms with van der Waals surface area (Å²) in [5.41, 5.74) is 1.72. The predicted molar refractivity (Wildman–Crippen MR) is 74.4 cm³/mol. The second-order valence-corrected chi connectivity index (χ2v) is 4.70. The van der Waals surface area contributed by atoms with Crippen LogP contribution in [0.1, 0.15) is 36.8 Å². The maximum atomic E-state index is 11.8. The lowest BCUT2D eigenvalue weighted by molar-refractivity contribution is -0.148. The molecular formula is C16H17NO3. The molecule has 0 spiro atoms. The smallest absolute Gasteiger partial charge is 0.229 e. The van der Waals surface area contributed by atoms with Gasteiger partial charge in [-0.2, -0.15) is 0 Å². The van der Waals surface area contributed by atoms with Crippen molar-refractivity contribution in [3.8, 4) is 11.8 Å². The Morgan fingerprint density at radius 2 is 1.95 bits per heavy atom. The van der Waals surface area contributed by atoms with E-state index in [4.69, 9.17) is 5.11 Å². The van der Waals surface area contributed by atoms with E-state index in [1.54, 1.807) is 0 Å². The van der Waals surface area contributed by atoms with Gasteiger partial charge in [-0.15, -0.1) is 0 Å². The van der Waals surface area contributed by atoms with Crippen LogP contribution in [0.15, 0.2) is 24.3 Å². The number of hydrogen-bond acceptors (Lipinski definition) is 3. The van der Waals surface area contributed by atoms with Crippen LogP contribution in [0.2, 0.25) is 0 Å². The van der Waals surface area contributed by atoms with Crippen LogP contribution in [-0.4, -0.2) is 28.4 Å². The normalized spacial score (nSPS) is 14.9. The summed E-state index contributed by atoms with van der Waals surface area (Å²) in [7, 11) is 0. The zero-order valence-corrected chi connectivity index (χ0v) is 11.3. The zero-order valence-electron chi connectivity index (χ0n) is 11.3. The largest absolute Gasteiger partial charge is 0.395 e. The third-order valence-electron chi connectivity index (χ3n) is 3.12. The molecule has 4 nitrogen and oxygen atoms in total. The van der Waals surface area contributed by atoms with Crippen molar-refractivity contribution in [2.75, 3.05) is 6.61 Å². The van der Waals surface area contributed by atoms with E-state index in [2.05, 4.69) is 11.8 Å². The molecule has 0 aromatic heterocycles. The number of amides is 2. The Hall–Kier alpha value is -2.12. The molecule has 4 heteroatoms. The van der Waals surface area contributed by atoms with Crippen LogP contribution < -0.4 is 0 Å². The Bertz CT molecular complexity index is 553. The second-order valence-electron chi connectivity index (χ2n) is 4.70. The molecule has 0 saturated carbocycles. The van der Waals surface area contributed by atoms with Crippen molar-refractivity contribution in [1.29, 1.82) is 0 Å². The molecule has 1 aliphatic rings. The predicted octanol–water partition coefficient (Wildman–Crippen LogP) is 1.46. The minimum atomic E-state index is -0.0991. The third kappa shape index (κ3) is 3.69. The van der Waals surface area contributed by atoms with Gasteiger partial charge < -0.3 is 5.11 Å². The van der Waals surface area contributed by atoms with E-state index in [1.807, 2.05) is 24.3 Å². The van der Waals surface area contributed by atoms with Gasteiger partial charge in [0.25, 0.3) is 0 Å². The first kappa shape index (κ1) is 14.3. The molecule has 1 N–H and O–H groups in total. The first-order chi connectivity index (χ1) is 9.70. The molecule has 1 fully saturated rings. The highest BCUT2D eigenvalue weighted by molar-refractivity contribution is 5.97. The Morgan fingerprint density at radius 1 is 1.20 bits per heavy atom. The summed E-state index contributed by atoms with van der Waals surface area (Å²) in [5, 5.41) is 8.69. The SMILES string of the molecule is O=C1CCCC(=O)N1Cc1cccc(C#CCCO)c1. The van der Waals surface area contributed by atoms with Gasteiger partial charge in [-0.05, 0) is 24.1 Å². The van der Waals surface area contributed by atoms with Gasteiger partial charge in [-0.3, -0.25) is 14.5 Å². The molecule has 1 saturated heterocycles. The average molecular weight is 271 g/mol. The lowest BCUT2D eigenvalue weighted by Crippen LogP contribution is -2.39. The van der Waals surface area contributed by atoms with Crippen molar-refractivity contribution in [1.82, 2.24) is 4.90 Å². The quantitative estimate of drug-likeness (QED) is 0.669. The van der Waals surface area contributed by atoms with Crippen LogP contribution in [0, 0.1) is 11.8 Å². The standard InChI is InChI=1S/C16H17NO3/c18-10-2-1-5-13-6-3-7-14(11-13)12-17-15(19)8-4-9-16(17)20/h3,6-7,11,18H,2,4,8-10,12H2. The number of likely N-dealkylation sites (tertiary alicyclic amines) is 1. The number of carbonyl (C=O) groups is 2. The summed E-state index contributed by atoms with van der Waals surface area (Å²) < 4.78 is 0. The first-order valence-electron chi connectivity index (χ1n) is 6.72. The highest BCUT2D eigenvalue weighted by Crippen LogP contribution is 2.16. The fourth-order valence-electron chi connectivity index (χ4n) is 2.13. The van der Waals surface area contributed by atoms with Gasteiger partial charge >= 0.3 is 0 Å². The number of aliphatic hydroxyl groups is 1. The van der Waals surface area contributed by atoms with Crippen molar-refractivity contribution in [2.45, 2.75) is 32.2 Å². The Labute approximate surface area is 118 Å². The van der Waals surface area contributed by atoms with Crippen LogP contribution in [0.25, 0.3) is 0 Å². The lowest BCUT2D eigenvalue weighted by Gasteiger charge is -2.24. The molecule has 1 aliphatic heterocycles. The van der Waals surface area contributed by atoms with Gasteiger partial charge in [0.05, 0.1) is 13.2 Å². The highest BCUT2D eigenvalue weighted by Gasteiger charge is 2.25. The van der Waals surface area contributed by atoms with Crippen LogP contribution in [0.5, 0.6) is 0 Å². The van der Waals surface area contributed by atoms with Gasteiger partial charge in [0.15, 0.2) is 0 Å². The molecular weight excluding hydrogens is 254 g/mol. The second kappa shape index (κ2) is 6.88. The first-order valence-corrected chi connectivity index (χ1v) is 6.72. The lowest BCUT2D eigenvalue weighted by atomic mass is 10.1. The van der Waals surface area contributed by atoms with E-state index in [0.29, 0.717) is 32.2 Å². The van der Waals surface area contributed by atoms with Crippen molar-refractivity contribution < 1.29 is 14.7 Å². The number of carbonyl (C=O) groups excluding carboxylic acids is 2. The molecule has 104 valence electrons. The van der Waals surface area contributed by atoms with E-state index in [0.717, 1.165) is 11.1 Å². The molecule has 1 heterocycles. The topological polar surface area (TPSA) is 57.6 Å². The summed E-state index contributed by atoms with van der Waals surface area (Å²) in [6, 6.07) is 7.48. The fourth-order valence-corrected chi connectivity index (χ4v) is 2.13. The average Bonchev–Trinajstić information content (AvgIpc) is 2.44. The van der Waals surface area contributed by atoms with Crippen LogP contribution >= 0.6 is 0 Å². The molecule has 1 aromatic carbocycles. The summed E-state index contributed by atoms with van der Waals surface area (Å²) in [6.07, 6.45) is 1.98. The molecule has 2 amide bonds. The van der Waals surface area contributed by atoms with Crippen LogP contribution in [0.4, 0.5) is 0 Å². The zero-order chi connectivity index (χ0) is 14.4. The minimum absolute atomic E-state index is 0.0451. The molecule has 0 atom stereocenters. The highest BCUT2D eigenvalue weighted by atomic mass is 16.2. The Morgan fingerprint density at radius 3 is 2.65 bits per heavy atom. The van der Waals surface area contributed by atoms with Crippen LogP contribution in [-0.2, 0) is 16.1 Å². The van der Waals surface area contributed by atoms with E-state index < -0.39 is 0 Å². The minimum Gasteiger partial charge on any atom is -0.395 e. The maximum absolute atomic E-state index is 11.8.